The van der Waals surface area contributed by atoms with Crippen molar-refractivity contribution < 1.29 is 4.79 Å². The number of rotatable bonds is 3. The Kier molecular flexibility index (Phi) is 4.74. The summed E-state index contributed by atoms with van der Waals surface area (Å²) < 4.78 is 0. The Hall–Kier alpha value is -1.79. The van der Waals surface area contributed by atoms with Gasteiger partial charge in [-0.1, -0.05) is 29.8 Å². The van der Waals surface area contributed by atoms with Gasteiger partial charge in [0.05, 0.1) is 0 Å². The Morgan fingerprint density at radius 3 is 2.65 bits per heavy atom. The van der Waals surface area contributed by atoms with E-state index in [4.69, 9.17) is 16.9 Å². The molecule has 0 saturated carbocycles. The first-order chi connectivity index (χ1) is 8.04. The highest BCUT2D eigenvalue weighted by Crippen LogP contribution is 2.18. The van der Waals surface area contributed by atoms with E-state index in [1.807, 2.05) is 19.9 Å². The summed E-state index contributed by atoms with van der Waals surface area (Å²) in [5, 5.41) is 12.1. The molecule has 0 unspecified atom stereocenters. The molecule has 0 aliphatic heterocycles. The van der Waals surface area contributed by atoms with E-state index in [1.165, 1.54) is 6.08 Å². The van der Waals surface area contributed by atoms with Crippen molar-refractivity contribution in [3.63, 3.8) is 0 Å². The lowest BCUT2D eigenvalue weighted by atomic mass is 10.1. The highest BCUT2D eigenvalue weighted by atomic mass is 35.5. The van der Waals surface area contributed by atoms with E-state index in [9.17, 15) is 4.79 Å². The number of nitrogens with one attached hydrogen (secondary N) is 1. The van der Waals surface area contributed by atoms with Gasteiger partial charge in [-0.3, -0.25) is 4.79 Å². The summed E-state index contributed by atoms with van der Waals surface area (Å²) in [6, 6.07) is 8.92. The van der Waals surface area contributed by atoms with E-state index in [0.29, 0.717) is 10.6 Å². The summed E-state index contributed by atoms with van der Waals surface area (Å²) in [5.74, 6) is -0.387. The summed E-state index contributed by atoms with van der Waals surface area (Å²) in [7, 11) is 0. The molecule has 0 heterocycles. The summed E-state index contributed by atoms with van der Waals surface area (Å²) in [6.07, 6.45) is 1.49. The summed E-state index contributed by atoms with van der Waals surface area (Å²) >= 11 is 5.95. The van der Waals surface area contributed by atoms with Gasteiger partial charge in [-0.25, -0.2) is 0 Å². The lowest BCUT2D eigenvalue weighted by molar-refractivity contribution is -0.117. The molecule has 0 aliphatic rings. The topological polar surface area (TPSA) is 52.9 Å². The van der Waals surface area contributed by atoms with Crippen LogP contribution in [0.3, 0.4) is 0 Å². The third kappa shape index (κ3) is 3.93. The van der Waals surface area contributed by atoms with E-state index in [2.05, 4.69) is 5.32 Å². The quantitative estimate of drug-likeness (QED) is 0.661. The number of amides is 1. The van der Waals surface area contributed by atoms with E-state index in [0.717, 1.165) is 0 Å². The fourth-order valence-electron chi connectivity index (χ4n) is 1.24. The molecule has 1 aromatic carbocycles. The van der Waals surface area contributed by atoms with Gasteiger partial charge < -0.3 is 5.32 Å². The third-order valence-corrected chi connectivity index (χ3v) is 2.33. The molecule has 0 fully saturated rings. The molecule has 0 atom stereocenters. The minimum absolute atomic E-state index is 0.00880. The van der Waals surface area contributed by atoms with Gasteiger partial charge in [0.15, 0.2) is 0 Å². The number of carbonyl (C=O) groups is 1. The second-order valence-corrected chi connectivity index (χ2v) is 4.23. The molecular weight excluding hydrogens is 236 g/mol. The van der Waals surface area contributed by atoms with Crippen molar-refractivity contribution in [1.82, 2.24) is 5.32 Å². The highest BCUT2D eigenvalue weighted by molar-refractivity contribution is 6.32. The van der Waals surface area contributed by atoms with Crippen molar-refractivity contribution in [3.8, 4) is 6.07 Å². The Labute approximate surface area is 106 Å². The van der Waals surface area contributed by atoms with Gasteiger partial charge in [0.25, 0.3) is 5.91 Å². The second kappa shape index (κ2) is 6.07. The maximum atomic E-state index is 11.7. The number of carbonyl (C=O) groups excluding carboxylic acids is 1. The Bertz CT molecular complexity index is 486. The Morgan fingerprint density at radius 2 is 2.12 bits per heavy atom. The summed E-state index contributed by atoms with van der Waals surface area (Å²) in [4.78, 5) is 11.7. The van der Waals surface area contributed by atoms with E-state index >= 15 is 0 Å². The first-order valence-electron chi connectivity index (χ1n) is 5.21. The zero-order valence-electron chi connectivity index (χ0n) is 9.70. The van der Waals surface area contributed by atoms with Crippen LogP contribution in [0.2, 0.25) is 5.02 Å². The van der Waals surface area contributed by atoms with Gasteiger partial charge in [-0.2, -0.15) is 5.26 Å². The molecule has 1 rings (SSSR count). The second-order valence-electron chi connectivity index (χ2n) is 3.82. The molecule has 0 spiro atoms. The van der Waals surface area contributed by atoms with Crippen LogP contribution < -0.4 is 5.32 Å². The van der Waals surface area contributed by atoms with E-state index in [1.54, 1.807) is 24.3 Å². The molecule has 0 radical (unpaired) electrons. The van der Waals surface area contributed by atoms with Crippen molar-refractivity contribution in [3.05, 3.63) is 40.4 Å². The monoisotopic (exact) mass is 248 g/mol. The van der Waals surface area contributed by atoms with Crippen LogP contribution in [-0.4, -0.2) is 11.9 Å². The van der Waals surface area contributed by atoms with Crippen molar-refractivity contribution in [2.24, 2.45) is 0 Å². The number of hydrogen-bond donors (Lipinski definition) is 1. The number of benzene rings is 1. The number of nitriles is 1. The molecule has 0 bridgehead atoms. The van der Waals surface area contributed by atoms with E-state index in [-0.39, 0.29) is 17.5 Å². The molecule has 1 aromatic rings. The fourth-order valence-corrected chi connectivity index (χ4v) is 1.43. The van der Waals surface area contributed by atoms with Crippen LogP contribution in [0.15, 0.2) is 29.8 Å². The number of halogens is 1. The molecule has 0 aromatic heterocycles. The van der Waals surface area contributed by atoms with Crippen molar-refractivity contribution in [2.45, 2.75) is 19.9 Å². The molecule has 0 saturated heterocycles. The molecule has 17 heavy (non-hydrogen) atoms. The molecule has 3 nitrogen and oxygen atoms in total. The van der Waals surface area contributed by atoms with Crippen molar-refractivity contribution >= 4 is 23.6 Å². The lowest BCUT2D eigenvalue weighted by Gasteiger charge is -2.07. The fraction of sp³-hybridized carbons (Fsp3) is 0.231. The van der Waals surface area contributed by atoms with Gasteiger partial charge >= 0.3 is 0 Å². The molecule has 1 amide bonds. The summed E-state index contributed by atoms with van der Waals surface area (Å²) in [6.45, 7) is 3.67. The molecule has 0 aliphatic carbocycles. The maximum absolute atomic E-state index is 11.7. The zero-order valence-corrected chi connectivity index (χ0v) is 10.5. The van der Waals surface area contributed by atoms with Crippen LogP contribution >= 0.6 is 11.6 Å². The molecule has 4 heteroatoms. The van der Waals surface area contributed by atoms with Crippen LogP contribution in [0.25, 0.3) is 6.08 Å². The SMILES string of the molecule is CC(C)NC(=O)/C(C#N)=C/c1ccccc1Cl. The molecule has 1 N–H and O–H groups in total. The standard InChI is InChI=1S/C13H13ClN2O/c1-9(2)16-13(17)11(8-15)7-10-5-3-4-6-12(10)14/h3-7,9H,1-2H3,(H,16,17)/b11-7+. The number of nitrogens with zero attached hydrogens (tertiary/aromatic N) is 1. The van der Waals surface area contributed by atoms with E-state index < -0.39 is 0 Å². The predicted octanol–water partition coefficient (Wildman–Crippen LogP) is 2.77. The first kappa shape index (κ1) is 13.3. The van der Waals surface area contributed by atoms with Crippen molar-refractivity contribution in [1.29, 1.82) is 5.26 Å². The minimum atomic E-state index is -0.387. The zero-order chi connectivity index (χ0) is 12.8. The normalized spacial score (nSPS) is 11.1. The average molecular weight is 249 g/mol. The summed E-state index contributed by atoms with van der Waals surface area (Å²) in [5.41, 5.74) is 0.705. The molecular formula is C13H13ClN2O. The number of hydrogen-bond acceptors (Lipinski definition) is 2. The largest absolute Gasteiger partial charge is 0.349 e. The van der Waals surface area contributed by atoms with Gasteiger partial charge in [0.1, 0.15) is 11.6 Å². The van der Waals surface area contributed by atoms with Crippen LogP contribution in [0.1, 0.15) is 19.4 Å². The van der Waals surface area contributed by atoms with Gasteiger partial charge in [0.2, 0.25) is 0 Å². The van der Waals surface area contributed by atoms with Gasteiger partial charge in [-0.05, 0) is 31.6 Å². The van der Waals surface area contributed by atoms with Crippen LogP contribution in [0.5, 0.6) is 0 Å². The van der Waals surface area contributed by atoms with Gasteiger partial charge in [-0.15, -0.1) is 0 Å². The van der Waals surface area contributed by atoms with Crippen molar-refractivity contribution in [2.75, 3.05) is 0 Å². The van der Waals surface area contributed by atoms with Crippen LogP contribution in [0.4, 0.5) is 0 Å². The lowest BCUT2D eigenvalue weighted by Crippen LogP contribution is -2.30. The van der Waals surface area contributed by atoms with Crippen LogP contribution in [0, 0.1) is 11.3 Å². The predicted molar refractivity (Wildman–Crippen MR) is 68.3 cm³/mol. The minimum Gasteiger partial charge on any atom is -0.349 e. The Morgan fingerprint density at radius 1 is 1.47 bits per heavy atom. The third-order valence-electron chi connectivity index (χ3n) is 1.99. The van der Waals surface area contributed by atoms with Gasteiger partial charge in [0, 0.05) is 11.1 Å². The smallest absolute Gasteiger partial charge is 0.262 e. The Balaban J connectivity index is 3.00. The highest BCUT2D eigenvalue weighted by Gasteiger charge is 2.10. The van der Waals surface area contributed by atoms with Crippen LogP contribution in [-0.2, 0) is 4.79 Å². The average Bonchev–Trinajstić information content (AvgIpc) is 2.27. The first-order valence-corrected chi connectivity index (χ1v) is 5.59. The maximum Gasteiger partial charge on any atom is 0.262 e. The molecule has 88 valence electrons.